The van der Waals surface area contributed by atoms with Gasteiger partial charge in [-0.25, -0.2) is 4.79 Å². The van der Waals surface area contributed by atoms with E-state index in [1.165, 1.54) is 0 Å². The van der Waals surface area contributed by atoms with E-state index in [0.29, 0.717) is 26.2 Å². The van der Waals surface area contributed by atoms with Crippen molar-refractivity contribution in [3.05, 3.63) is 29.8 Å². The van der Waals surface area contributed by atoms with Crippen LogP contribution >= 0.6 is 0 Å². The molecule has 22 heavy (non-hydrogen) atoms. The summed E-state index contributed by atoms with van der Waals surface area (Å²) < 4.78 is 10.9. The van der Waals surface area contributed by atoms with Gasteiger partial charge < -0.3 is 19.7 Å². The monoisotopic (exact) mass is 306 g/mol. The number of morpholine rings is 1. The van der Waals surface area contributed by atoms with Crippen molar-refractivity contribution < 1.29 is 14.3 Å². The van der Waals surface area contributed by atoms with Crippen molar-refractivity contribution in [2.45, 2.75) is 32.3 Å². The minimum absolute atomic E-state index is 0.0295. The van der Waals surface area contributed by atoms with Gasteiger partial charge in [0.05, 0.1) is 19.8 Å². The molecule has 0 spiro atoms. The highest BCUT2D eigenvalue weighted by Gasteiger charge is 2.27. The molecule has 2 amide bonds. The van der Waals surface area contributed by atoms with Gasteiger partial charge >= 0.3 is 6.03 Å². The molecule has 122 valence electrons. The van der Waals surface area contributed by atoms with Crippen LogP contribution in [0.4, 0.5) is 4.79 Å². The minimum atomic E-state index is -0.208. The van der Waals surface area contributed by atoms with Gasteiger partial charge in [-0.05, 0) is 13.0 Å². The number of carbonyl (C=O) groups excluding carboxylic acids is 1. The average Bonchev–Trinajstić information content (AvgIpc) is 2.52. The van der Waals surface area contributed by atoms with Crippen LogP contribution in [0.3, 0.4) is 0 Å². The second-order valence-electron chi connectivity index (χ2n) is 6.37. The first-order valence-corrected chi connectivity index (χ1v) is 7.72. The Bertz CT molecular complexity index is 516. The minimum Gasteiger partial charge on any atom is -0.496 e. The molecule has 0 aromatic heterocycles. The normalized spacial score (nSPS) is 18.9. The Kier molecular flexibility index (Phi) is 5.29. The first-order chi connectivity index (χ1) is 10.4. The standard InChI is InChI=1S/C17H26N2O3/c1-13-11-19(9-10-22-13)16(20)18-12-17(2,3)14-7-5-6-8-15(14)21-4/h5-8,13H,9-12H2,1-4H3,(H,18,20)/t13-/m0/s1. The van der Waals surface area contributed by atoms with Crippen LogP contribution in [0, 0.1) is 0 Å². The molecule has 1 atom stereocenters. The van der Waals surface area contributed by atoms with Crippen LogP contribution in [0.5, 0.6) is 5.75 Å². The molecule has 5 nitrogen and oxygen atoms in total. The number of amides is 2. The third-order valence-corrected chi connectivity index (χ3v) is 4.05. The zero-order chi connectivity index (χ0) is 16.2. The van der Waals surface area contributed by atoms with Gasteiger partial charge in [0.15, 0.2) is 0 Å². The maximum Gasteiger partial charge on any atom is 0.317 e. The fourth-order valence-electron chi connectivity index (χ4n) is 2.71. The highest BCUT2D eigenvalue weighted by Crippen LogP contribution is 2.30. The highest BCUT2D eigenvalue weighted by atomic mass is 16.5. The number of nitrogens with zero attached hydrogens (tertiary/aromatic N) is 1. The quantitative estimate of drug-likeness (QED) is 0.929. The van der Waals surface area contributed by atoms with E-state index in [9.17, 15) is 4.79 Å². The maximum atomic E-state index is 12.3. The highest BCUT2D eigenvalue weighted by molar-refractivity contribution is 5.74. The van der Waals surface area contributed by atoms with E-state index in [2.05, 4.69) is 19.2 Å². The molecule has 1 aliphatic heterocycles. The number of para-hydroxylation sites is 1. The molecule has 1 heterocycles. The largest absolute Gasteiger partial charge is 0.496 e. The molecule has 0 bridgehead atoms. The zero-order valence-corrected chi connectivity index (χ0v) is 13.9. The third kappa shape index (κ3) is 3.91. The Morgan fingerprint density at radius 2 is 2.18 bits per heavy atom. The van der Waals surface area contributed by atoms with Crippen molar-refractivity contribution in [1.29, 1.82) is 0 Å². The summed E-state index contributed by atoms with van der Waals surface area (Å²) in [5, 5.41) is 3.04. The lowest BCUT2D eigenvalue weighted by Gasteiger charge is -2.33. The summed E-state index contributed by atoms with van der Waals surface area (Å²) in [4.78, 5) is 14.1. The smallest absolute Gasteiger partial charge is 0.317 e. The van der Waals surface area contributed by atoms with Crippen molar-refractivity contribution in [3.8, 4) is 5.75 Å². The fourth-order valence-corrected chi connectivity index (χ4v) is 2.71. The van der Waals surface area contributed by atoms with E-state index in [4.69, 9.17) is 9.47 Å². The van der Waals surface area contributed by atoms with Crippen LogP contribution in [0.25, 0.3) is 0 Å². The molecule has 1 aromatic rings. The fraction of sp³-hybridized carbons (Fsp3) is 0.588. The van der Waals surface area contributed by atoms with Crippen LogP contribution in [-0.2, 0) is 10.2 Å². The Morgan fingerprint density at radius 3 is 2.86 bits per heavy atom. The molecule has 0 aliphatic carbocycles. The number of hydrogen-bond acceptors (Lipinski definition) is 3. The van der Waals surface area contributed by atoms with Gasteiger partial charge in [-0.3, -0.25) is 0 Å². The lowest BCUT2D eigenvalue weighted by molar-refractivity contribution is -0.00359. The summed E-state index contributed by atoms with van der Waals surface area (Å²) >= 11 is 0. The Labute approximate surface area is 132 Å². The molecular weight excluding hydrogens is 280 g/mol. The predicted octanol–water partition coefficient (Wildman–Crippen LogP) is 2.40. The molecule has 5 heteroatoms. The van der Waals surface area contributed by atoms with Crippen LogP contribution < -0.4 is 10.1 Å². The molecular formula is C17H26N2O3. The summed E-state index contributed by atoms with van der Waals surface area (Å²) in [5.74, 6) is 0.849. The van der Waals surface area contributed by atoms with Crippen molar-refractivity contribution in [3.63, 3.8) is 0 Å². The Hall–Kier alpha value is -1.75. The van der Waals surface area contributed by atoms with E-state index in [1.807, 2.05) is 36.1 Å². The number of benzene rings is 1. The molecule has 1 aromatic carbocycles. The molecule has 0 radical (unpaired) electrons. The predicted molar refractivity (Wildman–Crippen MR) is 86.4 cm³/mol. The van der Waals surface area contributed by atoms with Crippen LogP contribution in [0.15, 0.2) is 24.3 Å². The average molecular weight is 306 g/mol. The number of rotatable bonds is 4. The molecule has 0 unspecified atom stereocenters. The molecule has 2 rings (SSSR count). The summed E-state index contributed by atoms with van der Waals surface area (Å²) in [6, 6.07) is 7.90. The number of ether oxygens (including phenoxy) is 2. The van der Waals surface area contributed by atoms with Gasteiger partial charge in [-0.2, -0.15) is 0 Å². The Balaban J connectivity index is 1.98. The van der Waals surface area contributed by atoms with E-state index in [1.54, 1.807) is 7.11 Å². The van der Waals surface area contributed by atoms with Gasteiger partial charge in [0, 0.05) is 30.6 Å². The van der Waals surface area contributed by atoms with Crippen LogP contribution in [0.1, 0.15) is 26.3 Å². The van der Waals surface area contributed by atoms with Gasteiger partial charge in [0.2, 0.25) is 0 Å². The van der Waals surface area contributed by atoms with E-state index < -0.39 is 0 Å². The maximum absolute atomic E-state index is 12.3. The van der Waals surface area contributed by atoms with Gasteiger partial charge in [0.25, 0.3) is 0 Å². The number of nitrogens with one attached hydrogen (secondary N) is 1. The van der Waals surface area contributed by atoms with E-state index in [0.717, 1.165) is 11.3 Å². The second kappa shape index (κ2) is 7.01. The molecule has 1 N–H and O–H groups in total. The van der Waals surface area contributed by atoms with Crippen molar-refractivity contribution >= 4 is 6.03 Å². The summed E-state index contributed by atoms with van der Waals surface area (Å²) in [6.45, 7) is 8.63. The summed E-state index contributed by atoms with van der Waals surface area (Å²) in [7, 11) is 1.67. The number of hydrogen-bond donors (Lipinski definition) is 1. The zero-order valence-electron chi connectivity index (χ0n) is 13.9. The van der Waals surface area contributed by atoms with Gasteiger partial charge in [-0.15, -0.1) is 0 Å². The van der Waals surface area contributed by atoms with Crippen LogP contribution in [0.2, 0.25) is 0 Å². The number of urea groups is 1. The molecule has 1 aliphatic rings. The SMILES string of the molecule is COc1ccccc1C(C)(C)CNC(=O)N1CCO[C@@H](C)C1. The molecule has 1 saturated heterocycles. The molecule has 0 saturated carbocycles. The van der Waals surface area contributed by atoms with E-state index >= 15 is 0 Å². The number of methoxy groups -OCH3 is 1. The van der Waals surface area contributed by atoms with E-state index in [-0.39, 0.29) is 17.6 Å². The summed E-state index contributed by atoms with van der Waals surface area (Å²) in [5.41, 5.74) is 0.883. The van der Waals surface area contributed by atoms with Gasteiger partial charge in [0.1, 0.15) is 5.75 Å². The lowest BCUT2D eigenvalue weighted by atomic mass is 9.84. The second-order valence-corrected chi connectivity index (χ2v) is 6.37. The van der Waals surface area contributed by atoms with Crippen molar-refractivity contribution in [2.24, 2.45) is 0 Å². The first kappa shape index (κ1) is 16.6. The third-order valence-electron chi connectivity index (χ3n) is 4.05. The van der Waals surface area contributed by atoms with Crippen molar-refractivity contribution in [2.75, 3.05) is 33.4 Å². The van der Waals surface area contributed by atoms with Crippen molar-refractivity contribution in [1.82, 2.24) is 10.2 Å². The summed E-state index contributed by atoms with van der Waals surface area (Å²) in [6.07, 6.45) is 0.0988. The molecule has 1 fully saturated rings. The van der Waals surface area contributed by atoms with Crippen LogP contribution in [-0.4, -0.2) is 50.4 Å². The lowest BCUT2D eigenvalue weighted by Crippen LogP contribution is -2.50. The number of carbonyl (C=O) groups is 1. The van der Waals surface area contributed by atoms with Gasteiger partial charge in [-0.1, -0.05) is 32.0 Å². The Morgan fingerprint density at radius 1 is 1.45 bits per heavy atom. The topological polar surface area (TPSA) is 50.8 Å². The first-order valence-electron chi connectivity index (χ1n) is 7.72.